The van der Waals surface area contributed by atoms with Gasteiger partial charge in [-0.2, -0.15) is 0 Å². The summed E-state index contributed by atoms with van der Waals surface area (Å²) in [5.74, 6) is -0.00289. The van der Waals surface area contributed by atoms with Gasteiger partial charge in [-0.1, -0.05) is 13.8 Å². The number of rotatable bonds is 5. The SMILES string of the molecule is CCC1CN(c2ccc(S(C)(=O)=O)cc2[N+](=O)[O-])C(CC)CN1C(C)=O. The van der Waals surface area contributed by atoms with Gasteiger partial charge < -0.3 is 9.80 Å². The molecule has 1 aromatic carbocycles. The number of piperazine rings is 1. The van der Waals surface area contributed by atoms with E-state index in [-0.39, 0.29) is 28.6 Å². The highest BCUT2D eigenvalue weighted by Crippen LogP contribution is 2.35. The number of hydrogen-bond acceptors (Lipinski definition) is 6. The molecule has 2 atom stereocenters. The highest BCUT2D eigenvalue weighted by Gasteiger charge is 2.36. The van der Waals surface area contributed by atoms with Crippen LogP contribution < -0.4 is 4.90 Å². The molecule has 1 aromatic rings. The van der Waals surface area contributed by atoms with Gasteiger partial charge in [0.15, 0.2) is 9.84 Å². The fourth-order valence-corrected chi connectivity index (χ4v) is 4.09. The van der Waals surface area contributed by atoms with Crippen LogP contribution in [0.3, 0.4) is 0 Å². The van der Waals surface area contributed by atoms with Gasteiger partial charge in [-0.25, -0.2) is 8.42 Å². The third-order valence-corrected chi connectivity index (χ3v) is 6.03. The molecule has 1 saturated heterocycles. The fraction of sp³-hybridized carbons (Fsp3) is 0.588. The van der Waals surface area contributed by atoms with Crippen LogP contribution in [0.2, 0.25) is 0 Å². The number of nitro groups is 1. The largest absolute Gasteiger partial charge is 0.359 e. The first-order valence-electron chi connectivity index (χ1n) is 8.62. The standard InChI is InChI=1S/C17H25N3O5S/c1-5-13-11-19(14(6-2)10-18(13)12(3)21)16-8-7-15(26(4,24)25)9-17(16)20(22)23/h7-9,13-14H,5-6,10-11H2,1-4H3. The minimum atomic E-state index is -3.54. The summed E-state index contributed by atoms with van der Waals surface area (Å²) in [6.07, 6.45) is 2.48. The minimum Gasteiger partial charge on any atom is -0.359 e. The smallest absolute Gasteiger partial charge is 0.293 e. The Labute approximate surface area is 153 Å². The van der Waals surface area contributed by atoms with Gasteiger partial charge in [0.2, 0.25) is 5.91 Å². The molecule has 2 unspecified atom stereocenters. The summed E-state index contributed by atoms with van der Waals surface area (Å²) in [7, 11) is -3.54. The van der Waals surface area contributed by atoms with Crippen LogP contribution in [0.1, 0.15) is 33.6 Å². The maximum absolute atomic E-state index is 11.9. The molecule has 1 fully saturated rings. The van der Waals surface area contributed by atoms with E-state index < -0.39 is 14.8 Å². The fourth-order valence-electron chi connectivity index (χ4n) is 3.45. The van der Waals surface area contributed by atoms with E-state index in [0.717, 1.165) is 18.7 Å². The summed E-state index contributed by atoms with van der Waals surface area (Å²) in [6.45, 7) is 6.46. The Morgan fingerprint density at radius 1 is 1.23 bits per heavy atom. The molecule has 1 aliphatic heterocycles. The van der Waals surface area contributed by atoms with Crippen molar-refractivity contribution >= 4 is 27.1 Å². The number of amides is 1. The molecule has 0 N–H and O–H groups in total. The Hall–Kier alpha value is -2.16. The van der Waals surface area contributed by atoms with Crippen molar-refractivity contribution < 1.29 is 18.1 Å². The summed E-state index contributed by atoms with van der Waals surface area (Å²) in [5, 5.41) is 11.6. The summed E-state index contributed by atoms with van der Waals surface area (Å²) in [4.78, 5) is 26.7. The van der Waals surface area contributed by atoms with Crippen LogP contribution in [0, 0.1) is 10.1 Å². The monoisotopic (exact) mass is 383 g/mol. The number of hydrogen-bond donors (Lipinski definition) is 0. The van der Waals surface area contributed by atoms with Crippen molar-refractivity contribution in [3.63, 3.8) is 0 Å². The predicted octanol–water partition coefficient (Wildman–Crippen LogP) is 2.22. The number of nitro benzene ring substituents is 1. The van der Waals surface area contributed by atoms with Gasteiger partial charge in [-0.05, 0) is 25.0 Å². The third kappa shape index (κ3) is 3.98. The van der Waals surface area contributed by atoms with E-state index in [1.165, 1.54) is 19.1 Å². The molecule has 144 valence electrons. The number of sulfone groups is 1. The highest BCUT2D eigenvalue weighted by molar-refractivity contribution is 7.90. The van der Waals surface area contributed by atoms with Crippen LogP contribution in [0.5, 0.6) is 0 Å². The van der Waals surface area contributed by atoms with Gasteiger partial charge in [0.05, 0.1) is 9.82 Å². The topological polar surface area (TPSA) is 101 Å². The Balaban J connectivity index is 2.51. The summed E-state index contributed by atoms with van der Waals surface area (Å²) >= 11 is 0. The van der Waals surface area contributed by atoms with E-state index in [1.807, 2.05) is 23.6 Å². The molecule has 0 aliphatic carbocycles. The van der Waals surface area contributed by atoms with Gasteiger partial charge in [0, 0.05) is 44.4 Å². The highest BCUT2D eigenvalue weighted by atomic mass is 32.2. The Kier molecular flexibility index (Phi) is 5.90. The average Bonchev–Trinajstić information content (AvgIpc) is 2.58. The predicted molar refractivity (Wildman–Crippen MR) is 99.1 cm³/mol. The zero-order valence-corrected chi connectivity index (χ0v) is 16.3. The molecule has 1 amide bonds. The van der Waals surface area contributed by atoms with Crippen LogP contribution in [-0.2, 0) is 14.6 Å². The molecular weight excluding hydrogens is 358 g/mol. The molecule has 0 spiro atoms. The van der Waals surface area contributed by atoms with E-state index in [9.17, 15) is 23.3 Å². The number of carbonyl (C=O) groups excluding carboxylic acids is 1. The Morgan fingerprint density at radius 3 is 2.31 bits per heavy atom. The van der Waals surface area contributed by atoms with Crippen molar-refractivity contribution in [1.82, 2.24) is 4.90 Å². The molecular formula is C17H25N3O5S. The number of anilines is 1. The van der Waals surface area contributed by atoms with Gasteiger partial charge in [0.25, 0.3) is 5.69 Å². The van der Waals surface area contributed by atoms with Crippen LogP contribution >= 0.6 is 0 Å². The molecule has 8 nitrogen and oxygen atoms in total. The van der Waals surface area contributed by atoms with Crippen molar-refractivity contribution in [2.75, 3.05) is 24.2 Å². The molecule has 9 heteroatoms. The van der Waals surface area contributed by atoms with Crippen molar-refractivity contribution in [3.05, 3.63) is 28.3 Å². The summed E-state index contributed by atoms with van der Waals surface area (Å²) < 4.78 is 23.5. The quantitative estimate of drug-likeness (QED) is 0.571. The number of nitrogens with zero attached hydrogens (tertiary/aromatic N) is 3. The van der Waals surface area contributed by atoms with E-state index in [1.54, 1.807) is 0 Å². The maximum atomic E-state index is 11.9. The molecule has 1 heterocycles. The van der Waals surface area contributed by atoms with Crippen molar-refractivity contribution in [1.29, 1.82) is 0 Å². The second-order valence-electron chi connectivity index (χ2n) is 6.63. The first-order valence-corrected chi connectivity index (χ1v) is 10.5. The summed E-state index contributed by atoms with van der Waals surface area (Å²) in [6, 6.07) is 3.93. The molecule has 0 saturated carbocycles. The van der Waals surface area contributed by atoms with Gasteiger partial charge in [-0.15, -0.1) is 0 Å². The van der Waals surface area contributed by atoms with Crippen LogP contribution in [-0.4, -0.2) is 55.6 Å². The van der Waals surface area contributed by atoms with Crippen molar-refractivity contribution in [3.8, 4) is 0 Å². The molecule has 0 radical (unpaired) electrons. The van der Waals surface area contributed by atoms with E-state index in [4.69, 9.17) is 0 Å². The van der Waals surface area contributed by atoms with Crippen LogP contribution in [0.4, 0.5) is 11.4 Å². The second kappa shape index (κ2) is 7.61. The van der Waals surface area contributed by atoms with Gasteiger partial charge >= 0.3 is 0 Å². The van der Waals surface area contributed by atoms with E-state index >= 15 is 0 Å². The Morgan fingerprint density at radius 2 is 1.85 bits per heavy atom. The van der Waals surface area contributed by atoms with Gasteiger partial charge in [-0.3, -0.25) is 14.9 Å². The zero-order chi connectivity index (χ0) is 19.6. The second-order valence-corrected chi connectivity index (χ2v) is 8.64. The Bertz CT molecular complexity index is 809. The van der Waals surface area contributed by atoms with Crippen LogP contribution in [0.25, 0.3) is 0 Å². The summed E-state index contributed by atoms with van der Waals surface area (Å²) in [5.41, 5.74) is 0.174. The first-order chi connectivity index (χ1) is 12.1. The lowest BCUT2D eigenvalue weighted by molar-refractivity contribution is -0.384. The van der Waals surface area contributed by atoms with E-state index in [0.29, 0.717) is 25.2 Å². The van der Waals surface area contributed by atoms with Crippen molar-refractivity contribution in [2.45, 2.75) is 50.6 Å². The molecule has 1 aliphatic rings. The lowest BCUT2D eigenvalue weighted by Crippen LogP contribution is -2.59. The average molecular weight is 383 g/mol. The third-order valence-electron chi connectivity index (χ3n) is 4.92. The molecule has 0 aromatic heterocycles. The lowest BCUT2D eigenvalue weighted by Gasteiger charge is -2.46. The normalized spacial score (nSPS) is 20.9. The van der Waals surface area contributed by atoms with Gasteiger partial charge in [0.1, 0.15) is 5.69 Å². The van der Waals surface area contributed by atoms with Crippen LogP contribution in [0.15, 0.2) is 23.1 Å². The number of carbonyl (C=O) groups is 1. The maximum Gasteiger partial charge on any atom is 0.293 e. The first kappa shape index (κ1) is 20.2. The lowest BCUT2D eigenvalue weighted by atomic mass is 10.0. The molecule has 26 heavy (non-hydrogen) atoms. The van der Waals surface area contributed by atoms with E-state index in [2.05, 4.69) is 0 Å². The number of benzene rings is 1. The zero-order valence-electron chi connectivity index (χ0n) is 15.5. The minimum absolute atomic E-state index is 0.00289. The molecule has 0 bridgehead atoms. The van der Waals surface area contributed by atoms with Crippen molar-refractivity contribution in [2.24, 2.45) is 0 Å². The molecule has 2 rings (SSSR count).